The average molecular weight is 265 g/mol. The second kappa shape index (κ2) is 6.78. The highest BCUT2D eigenvalue weighted by atomic mass is 16.5. The minimum absolute atomic E-state index is 0.223. The molecule has 1 aromatic heterocycles. The van der Waals surface area contributed by atoms with Crippen LogP contribution in [0, 0.1) is 11.8 Å². The van der Waals surface area contributed by atoms with Crippen LogP contribution in [0.4, 0.5) is 0 Å². The number of rotatable bonds is 4. The Morgan fingerprint density at radius 1 is 1.68 bits per heavy atom. The maximum absolute atomic E-state index is 11.6. The highest BCUT2D eigenvalue weighted by Gasteiger charge is 2.31. The van der Waals surface area contributed by atoms with Crippen molar-refractivity contribution in [1.82, 2.24) is 15.5 Å². The Balaban J connectivity index is 1.85. The maximum atomic E-state index is 11.6. The number of aromatic amines is 1. The number of H-pyrrole nitrogens is 1. The third-order valence-corrected chi connectivity index (χ3v) is 2.52. The number of nitrogens with one attached hydrogen (secondary N) is 2. The molecule has 1 aliphatic heterocycles. The summed E-state index contributed by atoms with van der Waals surface area (Å²) in [5.74, 6) is 5.27. The molecule has 1 fully saturated rings. The van der Waals surface area contributed by atoms with Crippen LogP contribution < -0.4 is 10.1 Å². The number of amides is 1. The van der Waals surface area contributed by atoms with E-state index in [9.17, 15) is 4.79 Å². The molecule has 0 bridgehead atoms. The predicted octanol–water partition coefficient (Wildman–Crippen LogP) is -0.678. The zero-order chi connectivity index (χ0) is 13.5. The SMILES string of the molecule is COCC#CC(=O)N[C@H]1COC[C@H]1Oc1cn[nH]c1. The summed E-state index contributed by atoms with van der Waals surface area (Å²) in [6.07, 6.45) is 2.95. The number of ether oxygens (including phenoxy) is 3. The molecule has 0 radical (unpaired) electrons. The highest BCUT2D eigenvalue weighted by Crippen LogP contribution is 2.15. The number of hydrogen-bond acceptors (Lipinski definition) is 5. The third kappa shape index (κ3) is 3.98. The largest absolute Gasteiger partial charge is 0.482 e. The van der Waals surface area contributed by atoms with Gasteiger partial charge < -0.3 is 19.5 Å². The van der Waals surface area contributed by atoms with E-state index in [1.54, 1.807) is 12.4 Å². The highest BCUT2D eigenvalue weighted by molar-refractivity contribution is 5.93. The molecule has 0 saturated carbocycles. The zero-order valence-corrected chi connectivity index (χ0v) is 10.5. The summed E-state index contributed by atoms with van der Waals surface area (Å²) in [6, 6.07) is -0.223. The van der Waals surface area contributed by atoms with Gasteiger partial charge in [0.2, 0.25) is 0 Å². The Morgan fingerprint density at radius 2 is 2.58 bits per heavy atom. The Hall–Kier alpha value is -2.04. The van der Waals surface area contributed by atoms with Crippen LogP contribution in [0.15, 0.2) is 12.4 Å². The number of hydrogen-bond donors (Lipinski definition) is 2. The van der Waals surface area contributed by atoms with Crippen LogP contribution in [0.25, 0.3) is 0 Å². The standard InChI is InChI=1S/C12H15N3O4/c1-17-4-2-3-12(16)15-10-7-18-8-11(10)19-9-5-13-14-6-9/h5-6,10-11H,4,7-8H2,1H3,(H,13,14)(H,15,16)/t10-,11+/m0/s1. The number of methoxy groups -OCH3 is 1. The van der Waals surface area contributed by atoms with Crippen molar-refractivity contribution in [2.75, 3.05) is 26.9 Å². The van der Waals surface area contributed by atoms with Gasteiger partial charge in [-0.15, -0.1) is 0 Å². The first kappa shape index (κ1) is 13.4. The molecule has 2 heterocycles. The zero-order valence-electron chi connectivity index (χ0n) is 10.5. The van der Waals surface area contributed by atoms with E-state index in [0.29, 0.717) is 19.0 Å². The molecular weight excluding hydrogens is 250 g/mol. The number of nitrogens with zero attached hydrogens (tertiary/aromatic N) is 1. The van der Waals surface area contributed by atoms with Gasteiger partial charge in [-0.2, -0.15) is 5.10 Å². The van der Waals surface area contributed by atoms with Crippen molar-refractivity contribution in [2.45, 2.75) is 12.1 Å². The van der Waals surface area contributed by atoms with E-state index in [-0.39, 0.29) is 24.7 Å². The molecule has 2 rings (SSSR count). The van der Waals surface area contributed by atoms with Crippen LogP contribution >= 0.6 is 0 Å². The van der Waals surface area contributed by atoms with Gasteiger partial charge in [-0.05, 0) is 5.92 Å². The normalized spacial score (nSPS) is 21.5. The van der Waals surface area contributed by atoms with Crippen LogP contribution in [0.2, 0.25) is 0 Å². The van der Waals surface area contributed by atoms with Gasteiger partial charge in [0, 0.05) is 7.11 Å². The molecule has 2 N–H and O–H groups in total. The predicted molar refractivity (Wildman–Crippen MR) is 65.4 cm³/mol. The second-order valence-corrected chi connectivity index (χ2v) is 3.94. The molecule has 2 atom stereocenters. The molecular formula is C12H15N3O4. The van der Waals surface area contributed by atoms with Crippen molar-refractivity contribution in [1.29, 1.82) is 0 Å². The Labute approximate surface area is 110 Å². The van der Waals surface area contributed by atoms with Crippen molar-refractivity contribution < 1.29 is 19.0 Å². The quantitative estimate of drug-likeness (QED) is 0.705. The van der Waals surface area contributed by atoms with E-state index < -0.39 is 0 Å². The fraction of sp³-hybridized carbons (Fsp3) is 0.500. The van der Waals surface area contributed by atoms with E-state index in [0.717, 1.165) is 0 Å². The summed E-state index contributed by atoms with van der Waals surface area (Å²) in [5, 5.41) is 9.19. The average Bonchev–Trinajstić information content (AvgIpc) is 3.03. The lowest BCUT2D eigenvalue weighted by Crippen LogP contribution is -2.44. The van der Waals surface area contributed by atoms with E-state index in [2.05, 4.69) is 27.4 Å². The van der Waals surface area contributed by atoms with Crippen molar-refractivity contribution in [3.05, 3.63) is 12.4 Å². The molecule has 7 heteroatoms. The molecule has 0 unspecified atom stereocenters. The fourth-order valence-electron chi connectivity index (χ4n) is 1.66. The minimum Gasteiger partial charge on any atom is -0.482 e. The van der Waals surface area contributed by atoms with Gasteiger partial charge in [0.15, 0.2) is 5.75 Å². The van der Waals surface area contributed by atoms with E-state index in [4.69, 9.17) is 14.2 Å². The third-order valence-electron chi connectivity index (χ3n) is 2.52. The smallest absolute Gasteiger partial charge is 0.296 e. The van der Waals surface area contributed by atoms with Crippen LogP contribution in [0.1, 0.15) is 0 Å². The van der Waals surface area contributed by atoms with Crippen molar-refractivity contribution in [2.24, 2.45) is 0 Å². The van der Waals surface area contributed by atoms with Crippen molar-refractivity contribution >= 4 is 5.91 Å². The molecule has 0 aromatic carbocycles. The molecule has 102 valence electrons. The van der Waals surface area contributed by atoms with E-state index in [1.807, 2.05) is 0 Å². The summed E-state index contributed by atoms with van der Waals surface area (Å²) < 4.78 is 15.7. The first-order chi connectivity index (χ1) is 9.29. The monoisotopic (exact) mass is 265 g/mol. The fourth-order valence-corrected chi connectivity index (χ4v) is 1.66. The molecule has 1 aromatic rings. The lowest BCUT2D eigenvalue weighted by atomic mass is 10.2. The lowest BCUT2D eigenvalue weighted by molar-refractivity contribution is -0.116. The minimum atomic E-state index is -0.367. The first-order valence-electron chi connectivity index (χ1n) is 5.81. The van der Waals surface area contributed by atoms with Crippen LogP contribution in [-0.4, -0.2) is 55.2 Å². The molecule has 19 heavy (non-hydrogen) atoms. The number of carbonyl (C=O) groups is 1. The van der Waals surface area contributed by atoms with E-state index in [1.165, 1.54) is 7.11 Å². The maximum Gasteiger partial charge on any atom is 0.296 e. The van der Waals surface area contributed by atoms with Gasteiger partial charge in [-0.1, -0.05) is 5.92 Å². The van der Waals surface area contributed by atoms with Gasteiger partial charge in [-0.3, -0.25) is 9.89 Å². The summed E-state index contributed by atoms with van der Waals surface area (Å²) in [6.45, 7) is 1.05. The molecule has 7 nitrogen and oxygen atoms in total. The lowest BCUT2D eigenvalue weighted by Gasteiger charge is -2.18. The Morgan fingerprint density at radius 3 is 3.32 bits per heavy atom. The van der Waals surface area contributed by atoms with Gasteiger partial charge in [0.25, 0.3) is 5.91 Å². The van der Waals surface area contributed by atoms with Crippen molar-refractivity contribution in [3.63, 3.8) is 0 Å². The van der Waals surface area contributed by atoms with Gasteiger partial charge >= 0.3 is 0 Å². The van der Waals surface area contributed by atoms with Gasteiger partial charge in [0.1, 0.15) is 12.7 Å². The first-order valence-corrected chi connectivity index (χ1v) is 5.81. The second-order valence-electron chi connectivity index (χ2n) is 3.94. The number of aromatic nitrogens is 2. The van der Waals surface area contributed by atoms with Gasteiger partial charge in [0.05, 0.1) is 31.6 Å². The summed E-state index contributed by atoms with van der Waals surface area (Å²) in [7, 11) is 1.52. The summed E-state index contributed by atoms with van der Waals surface area (Å²) in [4.78, 5) is 11.6. The molecule has 1 amide bonds. The summed E-state index contributed by atoms with van der Waals surface area (Å²) in [5.41, 5.74) is 0. The number of carbonyl (C=O) groups excluding carboxylic acids is 1. The summed E-state index contributed by atoms with van der Waals surface area (Å²) >= 11 is 0. The molecule has 1 aliphatic rings. The molecule has 0 spiro atoms. The topological polar surface area (TPSA) is 85.5 Å². The van der Waals surface area contributed by atoms with Gasteiger partial charge in [-0.25, -0.2) is 0 Å². The van der Waals surface area contributed by atoms with Crippen LogP contribution in [-0.2, 0) is 14.3 Å². The Kier molecular flexibility index (Phi) is 4.78. The molecule has 1 saturated heterocycles. The van der Waals surface area contributed by atoms with Crippen LogP contribution in [0.5, 0.6) is 5.75 Å². The van der Waals surface area contributed by atoms with E-state index >= 15 is 0 Å². The Bertz CT molecular complexity index is 463. The van der Waals surface area contributed by atoms with Crippen LogP contribution in [0.3, 0.4) is 0 Å². The molecule has 0 aliphatic carbocycles. The van der Waals surface area contributed by atoms with Crippen molar-refractivity contribution in [3.8, 4) is 17.6 Å².